The SMILES string of the molecule is Cc1ccc(N(C(=O)c2ccn3ncc(Br)c3c2)C2CC2)cc1. The van der Waals surface area contributed by atoms with Crippen molar-refractivity contribution in [2.75, 3.05) is 4.90 Å². The first-order valence-electron chi connectivity index (χ1n) is 7.66. The fourth-order valence-corrected chi connectivity index (χ4v) is 3.14. The molecule has 1 aromatic carbocycles. The number of hydrogen-bond donors (Lipinski definition) is 0. The number of carbonyl (C=O) groups excluding carboxylic acids is 1. The topological polar surface area (TPSA) is 37.6 Å². The Morgan fingerprint density at radius 1 is 1.26 bits per heavy atom. The standard InChI is InChI=1S/C18H16BrN3O/c1-12-2-4-14(5-3-12)22(15-6-7-15)18(23)13-8-9-21-17(10-13)16(19)11-20-21/h2-5,8-11,15H,6-7H2,1H3. The zero-order valence-electron chi connectivity index (χ0n) is 12.7. The third kappa shape index (κ3) is 2.65. The zero-order valence-corrected chi connectivity index (χ0v) is 14.3. The molecule has 4 nitrogen and oxygen atoms in total. The highest BCUT2D eigenvalue weighted by molar-refractivity contribution is 9.10. The summed E-state index contributed by atoms with van der Waals surface area (Å²) < 4.78 is 2.65. The molecule has 1 aliphatic rings. The van der Waals surface area contributed by atoms with Crippen LogP contribution in [0.3, 0.4) is 0 Å². The van der Waals surface area contributed by atoms with Gasteiger partial charge in [0, 0.05) is 23.5 Å². The molecule has 0 aliphatic heterocycles. The molecule has 116 valence electrons. The lowest BCUT2D eigenvalue weighted by atomic mass is 10.1. The van der Waals surface area contributed by atoms with Gasteiger partial charge in [0.1, 0.15) is 0 Å². The predicted octanol–water partition coefficient (Wildman–Crippen LogP) is 4.21. The summed E-state index contributed by atoms with van der Waals surface area (Å²) in [5.41, 5.74) is 3.75. The highest BCUT2D eigenvalue weighted by Gasteiger charge is 2.34. The lowest BCUT2D eigenvalue weighted by molar-refractivity contribution is 0.0985. The monoisotopic (exact) mass is 369 g/mol. The van der Waals surface area contributed by atoms with Gasteiger partial charge in [-0.15, -0.1) is 0 Å². The minimum atomic E-state index is 0.0481. The Morgan fingerprint density at radius 3 is 2.70 bits per heavy atom. The Hall–Kier alpha value is -2.14. The van der Waals surface area contributed by atoms with Gasteiger partial charge in [0.15, 0.2) is 0 Å². The number of halogens is 1. The van der Waals surface area contributed by atoms with E-state index in [1.54, 1.807) is 10.7 Å². The highest BCUT2D eigenvalue weighted by atomic mass is 79.9. The fraction of sp³-hybridized carbons (Fsp3) is 0.222. The van der Waals surface area contributed by atoms with Gasteiger partial charge >= 0.3 is 0 Å². The van der Waals surface area contributed by atoms with E-state index in [1.807, 2.05) is 35.4 Å². The van der Waals surface area contributed by atoms with Gasteiger partial charge in [-0.1, -0.05) is 17.7 Å². The Balaban J connectivity index is 1.74. The number of carbonyl (C=O) groups is 1. The van der Waals surface area contributed by atoms with Crippen LogP contribution in [0.5, 0.6) is 0 Å². The number of hydrogen-bond acceptors (Lipinski definition) is 2. The lowest BCUT2D eigenvalue weighted by Crippen LogP contribution is -2.33. The molecule has 23 heavy (non-hydrogen) atoms. The highest BCUT2D eigenvalue weighted by Crippen LogP contribution is 2.33. The number of rotatable bonds is 3. The molecule has 4 rings (SSSR count). The molecule has 1 aliphatic carbocycles. The fourth-order valence-electron chi connectivity index (χ4n) is 2.75. The molecule has 5 heteroatoms. The maximum atomic E-state index is 13.1. The first-order chi connectivity index (χ1) is 11.1. The molecule has 1 saturated carbocycles. The summed E-state index contributed by atoms with van der Waals surface area (Å²) in [5.74, 6) is 0.0481. The van der Waals surface area contributed by atoms with E-state index in [4.69, 9.17) is 0 Å². The van der Waals surface area contributed by atoms with Crippen LogP contribution in [-0.4, -0.2) is 21.6 Å². The summed E-state index contributed by atoms with van der Waals surface area (Å²) in [6, 6.07) is 12.2. The molecular formula is C18H16BrN3O. The summed E-state index contributed by atoms with van der Waals surface area (Å²) in [5, 5.41) is 4.22. The Kier molecular flexibility index (Phi) is 3.45. The van der Waals surface area contributed by atoms with Crippen molar-refractivity contribution in [2.24, 2.45) is 0 Å². The van der Waals surface area contributed by atoms with Crippen molar-refractivity contribution in [3.63, 3.8) is 0 Å². The van der Waals surface area contributed by atoms with Crippen molar-refractivity contribution < 1.29 is 4.79 Å². The molecular weight excluding hydrogens is 354 g/mol. The second kappa shape index (κ2) is 5.49. The maximum absolute atomic E-state index is 13.1. The number of fused-ring (bicyclic) bond motifs is 1. The summed E-state index contributed by atoms with van der Waals surface area (Å²) in [7, 11) is 0. The average Bonchev–Trinajstić information content (AvgIpc) is 3.33. The number of aryl methyl sites for hydroxylation is 1. The van der Waals surface area contributed by atoms with Crippen LogP contribution in [0.4, 0.5) is 5.69 Å². The molecule has 0 unspecified atom stereocenters. The van der Waals surface area contributed by atoms with Crippen molar-refractivity contribution >= 4 is 33.0 Å². The van der Waals surface area contributed by atoms with E-state index in [-0.39, 0.29) is 5.91 Å². The van der Waals surface area contributed by atoms with Gasteiger partial charge < -0.3 is 4.90 Å². The van der Waals surface area contributed by atoms with Crippen LogP contribution >= 0.6 is 15.9 Å². The molecule has 0 bridgehead atoms. The minimum absolute atomic E-state index is 0.0481. The van der Waals surface area contributed by atoms with Crippen molar-refractivity contribution in [2.45, 2.75) is 25.8 Å². The molecule has 0 N–H and O–H groups in total. The van der Waals surface area contributed by atoms with Crippen molar-refractivity contribution in [1.29, 1.82) is 0 Å². The van der Waals surface area contributed by atoms with Crippen molar-refractivity contribution in [1.82, 2.24) is 9.61 Å². The second-order valence-corrected chi connectivity index (χ2v) is 6.83. The third-order valence-electron chi connectivity index (χ3n) is 4.16. The molecule has 0 saturated heterocycles. The summed E-state index contributed by atoms with van der Waals surface area (Å²) in [6.45, 7) is 2.05. The van der Waals surface area contributed by atoms with E-state index in [2.05, 4.69) is 40.1 Å². The largest absolute Gasteiger partial charge is 0.305 e. The number of pyridine rings is 1. The van der Waals surface area contributed by atoms with E-state index in [0.29, 0.717) is 11.6 Å². The number of anilines is 1. The molecule has 0 radical (unpaired) electrons. The van der Waals surface area contributed by atoms with E-state index in [1.165, 1.54) is 5.56 Å². The van der Waals surface area contributed by atoms with Crippen LogP contribution in [0.15, 0.2) is 53.3 Å². The van der Waals surface area contributed by atoms with E-state index >= 15 is 0 Å². The van der Waals surface area contributed by atoms with Crippen LogP contribution < -0.4 is 4.90 Å². The predicted molar refractivity (Wildman–Crippen MR) is 93.9 cm³/mol. The van der Waals surface area contributed by atoms with Crippen LogP contribution in [-0.2, 0) is 0 Å². The first-order valence-corrected chi connectivity index (χ1v) is 8.46. The Morgan fingerprint density at radius 2 is 2.00 bits per heavy atom. The number of nitrogens with zero attached hydrogens (tertiary/aromatic N) is 3. The molecule has 2 heterocycles. The van der Waals surface area contributed by atoms with Crippen LogP contribution in [0, 0.1) is 6.92 Å². The van der Waals surface area contributed by atoms with Gasteiger partial charge in [-0.25, -0.2) is 4.52 Å². The molecule has 3 aromatic rings. The van der Waals surface area contributed by atoms with Gasteiger partial charge in [0.25, 0.3) is 5.91 Å². The number of benzene rings is 1. The van der Waals surface area contributed by atoms with E-state index in [9.17, 15) is 4.79 Å². The maximum Gasteiger partial charge on any atom is 0.258 e. The summed E-state index contributed by atoms with van der Waals surface area (Å²) in [4.78, 5) is 15.0. The average molecular weight is 370 g/mol. The van der Waals surface area contributed by atoms with Gasteiger partial charge in [0.05, 0.1) is 16.2 Å². The third-order valence-corrected chi connectivity index (χ3v) is 4.78. The Labute approximate surface area is 142 Å². The van der Waals surface area contributed by atoms with Gasteiger partial charge in [-0.3, -0.25) is 4.79 Å². The van der Waals surface area contributed by atoms with Crippen LogP contribution in [0.25, 0.3) is 5.52 Å². The molecule has 0 spiro atoms. The smallest absolute Gasteiger partial charge is 0.258 e. The van der Waals surface area contributed by atoms with Gasteiger partial charge in [-0.2, -0.15) is 5.10 Å². The van der Waals surface area contributed by atoms with E-state index < -0.39 is 0 Å². The van der Waals surface area contributed by atoms with E-state index in [0.717, 1.165) is 28.5 Å². The normalized spacial score (nSPS) is 14.2. The van der Waals surface area contributed by atoms with Crippen molar-refractivity contribution in [3.8, 4) is 0 Å². The molecule has 0 atom stereocenters. The lowest BCUT2D eigenvalue weighted by Gasteiger charge is -2.23. The molecule has 2 aromatic heterocycles. The van der Waals surface area contributed by atoms with Crippen LogP contribution in [0.2, 0.25) is 0 Å². The quantitative estimate of drug-likeness (QED) is 0.693. The minimum Gasteiger partial charge on any atom is -0.305 e. The summed E-state index contributed by atoms with van der Waals surface area (Å²) in [6.07, 6.45) is 5.70. The number of aromatic nitrogens is 2. The van der Waals surface area contributed by atoms with Crippen LogP contribution in [0.1, 0.15) is 28.8 Å². The second-order valence-electron chi connectivity index (χ2n) is 5.98. The summed E-state index contributed by atoms with van der Waals surface area (Å²) >= 11 is 3.47. The molecule has 1 fully saturated rings. The van der Waals surface area contributed by atoms with Crippen molar-refractivity contribution in [3.05, 3.63) is 64.4 Å². The number of amides is 1. The molecule has 1 amide bonds. The van der Waals surface area contributed by atoms with Gasteiger partial charge in [-0.05, 0) is 60.0 Å². The Bertz CT molecular complexity index is 881. The zero-order chi connectivity index (χ0) is 16.0. The first kappa shape index (κ1) is 14.5. The van der Waals surface area contributed by atoms with Gasteiger partial charge in [0.2, 0.25) is 0 Å².